The van der Waals surface area contributed by atoms with E-state index in [1.165, 1.54) is 6.92 Å². The molecule has 6 heteroatoms. The molecule has 0 aliphatic heterocycles. The molecule has 0 atom stereocenters. The molecule has 0 saturated heterocycles. The Labute approximate surface area is 95.2 Å². The minimum atomic E-state index is -0.840. The van der Waals surface area contributed by atoms with Gasteiger partial charge in [-0.3, -0.25) is 9.59 Å². The monoisotopic (exact) mass is 249 g/mol. The molecule has 0 aromatic carbocycles. The molecule has 1 aromatic rings. The van der Waals surface area contributed by atoms with Gasteiger partial charge in [0.2, 0.25) is 0 Å². The van der Waals surface area contributed by atoms with Crippen LogP contribution in [-0.4, -0.2) is 16.6 Å². The van der Waals surface area contributed by atoms with E-state index >= 15 is 0 Å². The molecule has 1 heterocycles. The van der Waals surface area contributed by atoms with E-state index in [-0.39, 0.29) is 22.9 Å². The second-order valence-corrected chi connectivity index (χ2v) is 3.62. The lowest BCUT2D eigenvalue weighted by Gasteiger charge is -2.02. The predicted molar refractivity (Wildman–Crippen MR) is 53.8 cm³/mol. The van der Waals surface area contributed by atoms with Crippen LogP contribution in [0.3, 0.4) is 0 Å². The standard InChI is InChI=1S/C9H6Cl2FNO2/c1-4(14)2-7(15)5-3-6(12)9(11)13-8(5)10/h3H,2H2,1H3. The first-order valence-corrected chi connectivity index (χ1v) is 4.71. The van der Waals surface area contributed by atoms with E-state index in [1.807, 2.05) is 0 Å². The molecule has 0 saturated carbocycles. The van der Waals surface area contributed by atoms with Crippen LogP contribution < -0.4 is 0 Å². The highest BCUT2D eigenvalue weighted by molar-refractivity contribution is 6.35. The quantitative estimate of drug-likeness (QED) is 0.470. The fraction of sp³-hybridized carbons (Fsp3) is 0.222. The maximum absolute atomic E-state index is 13.0. The van der Waals surface area contributed by atoms with Gasteiger partial charge in [0.15, 0.2) is 16.8 Å². The van der Waals surface area contributed by atoms with Crippen molar-refractivity contribution in [3.8, 4) is 0 Å². The number of carbonyl (C=O) groups is 2. The van der Waals surface area contributed by atoms with Crippen LogP contribution in [0.25, 0.3) is 0 Å². The van der Waals surface area contributed by atoms with Crippen molar-refractivity contribution in [2.24, 2.45) is 0 Å². The highest BCUT2D eigenvalue weighted by Gasteiger charge is 2.16. The molecule has 15 heavy (non-hydrogen) atoms. The van der Waals surface area contributed by atoms with Gasteiger partial charge in [-0.25, -0.2) is 9.37 Å². The van der Waals surface area contributed by atoms with Gasteiger partial charge in [-0.2, -0.15) is 0 Å². The zero-order valence-electron chi connectivity index (χ0n) is 7.68. The molecule has 0 amide bonds. The second-order valence-electron chi connectivity index (χ2n) is 2.90. The zero-order chi connectivity index (χ0) is 11.6. The summed E-state index contributed by atoms with van der Waals surface area (Å²) in [5.74, 6) is -1.74. The number of carbonyl (C=O) groups excluding carboxylic acids is 2. The third-order valence-corrected chi connectivity index (χ3v) is 2.15. The largest absolute Gasteiger partial charge is 0.300 e. The molecular formula is C9H6Cl2FNO2. The van der Waals surface area contributed by atoms with Crippen LogP contribution in [0.2, 0.25) is 10.3 Å². The minimum absolute atomic E-state index is 0.131. The van der Waals surface area contributed by atoms with Gasteiger partial charge in [0.05, 0.1) is 12.0 Å². The van der Waals surface area contributed by atoms with Crippen LogP contribution in [0.4, 0.5) is 4.39 Å². The van der Waals surface area contributed by atoms with Crippen molar-refractivity contribution in [1.29, 1.82) is 0 Å². The van der Waals surface area contributed by atoms with Crippen molar-refractivity contribution in [1.82, 2.24) is 4.98 Å². The molecule has 1 rings (SSSR count). The number of hydrogen-bond acceptors (Lipinski definition) is 3. The lowest BCUT2D eigenvalue weighted by molar-refractivity contribution is -0.116. The number of halogens is 3. The van der Waals surface area contributed by atoms with Gasteiger partial charge in [-0.15, -0.1) is 0 Å². The molecule has 0 bridgehead atoms. The van der Waals surface area contributed by atoms with Crippen molar-refractivity contribution in [3.05, 3.63) is 27.8 Å². The summed E-state index contributed by atoms with van der Waals surface area (Å²) in [7, 11) is 0. The SMILES string of the molecule is CC(=O)CC(=O)c1cc(F)c(Cl)nc1Cl. The van der Waals surface area contributed by atoms with Gasteiger partial charge in [0.1, 0.15) is 10.9 Å². The molecule has 3 nitrogen and oxygen atoms in total. The van der Waals surface area contributed by atoms with Gasteiger partial charge in [0.25, 0.3) is 0 Å². The lowest BCUT2D eigenvalue weighted by atomic mass is 10.1. The third kappa shape index (κ3) is 2.97. The highest BCUT2D eigenvalue weighted by Crippen LogP contribution is 2.21. The maximum atomic E-state index is 13.0. The van der Waals surface area contributed by atoms with Crippen LogP contribution in [0, 0.1) is 5.82 Å². The first-order chi connectivity index (χ1) is 6.91. The number of hydrogen-bond donors (Lipinski definition) is 0. The number of nitrogens with zero attached hydrogens (tertiary/aromatic N) is 1. The van der Waals surface area contributed by atoms with Crippen molar-refractivity contribution in [2.45, 2.75) is 13.3 Å². The average Bonchev–Trinajstić information content (AvgIpc) is 2.09. The fourth-order valence-electron chi connectivity index (χ4n) is 0.963. The Morgan fingerprint density at radius 2 is 2.00 bits per heavy atom. The fourth-order valence-corrected chi connectivity index (χ4v) is 1.39. The summed E-state index contributed by atoms with van der Waals surface area (Å²) in [4.78, 5) is 25.5. The van der Waals surface area contributed by atoms with E-state index in [0.717, 1.165) is 6.07 Å². The van der Waals surface area contributed by atoms with E-state index in [9.17, 15) is 14.0 Å². The molecule has 80 valence electrons. The number of aromatic nitrogens is 1. The molecule has 0 N–H and O–H groups in total. The van der Waals surface area contributed by atoms with Crippen LogP contribution in [0.15, 0.2) is 6.07 Å². The summed E-state index contributed by atoms with van der Waals surface area (Å²) in [6.45, 7) is 1.26. The zero-order valence-corrected chi connectivity index (χ0v) is 9.19. The van der Waals surface area contributed by atoms with Crippen molar-refractivity contribution in [3.63, 3.8) is 0 Å². The number of Topliss-reactive ketones (excluding diaryl/α,β-unsaturated/α-hetero) is 2. The van der Waals surface area contributed by atoms with Gasteiger partial charge in [-0.05, 0) is 13.0 Å². The second kappa shape index (κ2) is 4.68. The summed E-state index contributed by atoms with van der Waals surface area (Å²) in [5.41, 5.74) is -0.131. The van der Waals surface area contributed by atoms with Gasteiger partial charge >= 0.3 is 0 Å². The maximum Gasteiger partial charge on any atom is 0.173 e. The van der Waals surface area contributed by atoms with Crippen molar-refractivity contribution in [2.75, 3.05) is 0 Å². The molecule has 0 radical (unpaired) electrons. The van der Waals surface area contributed by atoms with Gasteiger partial charge < -0.3 is 0 Å². The Morgan fingerprint density at radius 1 is 1.40 bits per heavy atom. The van der Waals surface area contributed by atoms with Crippen LogP contribution >= 0.6 is 23.2 Å². The summed E-state index contributed by atoms with van der Waals surface area (Å²) in [5, 5.41) is -0.605. The number of pyridine rings is 1. The topological polar surface area (TPSA) is 47.0 Å². The molecule has 0 aliphatic rings. The normalized spacial score (nSPS) is 10.1. The summed E-state index contributed by atoms with van der Waals surface area (Å²) in [6.07, 6.45) is -0.331. The smallest absolute Gasteiger partial charge is 0.173 e. The Morgan fingerprint density at radius 3 is 2.53 bits per heavy atom. The first kappa shape index (κ1) is 12.1. The van der Waals surface area contributed by atoms with E-state index in [0.29, 0.717) is 0 Å². The van der Waals surface area contributed by atoms with Crippen molar-refractivity contribution >= 4 is 34.8 Å². The number of rotatable bonds is 3. The molecule has 0 fully saturated rings. The Hall–Kier alpha value is -1.00. The Balaban J connectivity index is 3.09. The van der Waals surface area contributed by atoms with E-state index in [4.69, 9.17) is 23.2 Å². The molecular weight excluding hydrogens is 244 g/mol. The molecule has 0 spiro atoms. The van der Waals surface area contributed by atoms with Gasteiger partial charge in [0, 0.05) is 0 Å². The lowest BCUT2D eigenvalue weighted by Crippen LogP contribution is -2.07. The summed E-state index contributed by atoms with van der Waals surface area (Å²) < 4.78 is 13.0. The van der Waals surface area contributed by atoms with Crippen LogP contribution in [0.1, 0.15) is 23.7 Å². The van der Waals surface area contributed by atoms with E-state index in [1.54, 1.807) is 0 Å². The Bertz CT molecular complexity index is 434. The average molecular weight is 250 g/mol. The first-order valence-electron chi connectivity index (χ1n) is 3.96. The van der Waals surface area contributed by atoms with Crippen LogP contribution in [0.5, 0.6) is 0 Å². The summed E-state index contributed by atoms with van der Waals surface area (Å²) in [6, 6.07) is 0.878. The minimum Gasteiger partial charge on any atom is -0.300 e. The molecule has 1 aromatic heterocycles. The number of ketones is 2. The highest BCUT2D eigenvalue weighted by atomic mass is 35.5. The third-order valence-electron chi connectivity index (χ3n) is 1.60. The van der Waals surface area contributed by atoms with Gasteiger partial charge in [-0.1, -0.05) is 23.2 Å². The van der Waals surface area contributed by atoms with E-state index in [2.05, 4.69) is 4.98 Å². The van der Waals surface area contributed by atoms with Crippen molar-refractivity contribution < 1.29 is 14.0 Å². The molecule has 0 aliphatic carbocycles. The Kier molecular flexibility index (Phi) is 3.77. The predicted octanol–water partition coefficient (Wildman–Crippen LogP) is 2.69. The van der Waals surface area contributed by atoms with E-state index < -0.39 is 16.8 Å². The molecule has 0 unspecified atom stereocenters. The summed E-state index contributed by atoms with van der Waals surface area (Å²) >= 11 is 10.9. The van der Waals surface area contributed by atoms with Crippen LogP contribution in [-0.2, 0) is 4.79 Å².